The van der Waals surface area contributed by atoms with Crippen LogP contribution in [0.1, 0.15) is 22.8 Å². The minimum atomic E-state index is -0.575. The molecule has 0 aliphatic heterocycles. The lowest BCUT2D eigenvalue weighted by atomic mass is 10.2. The highest BCUT2D eigenvalue weighted by atomic mass is 32.1. The van der Waals surface area contributed by atoms with Gasteiger partial charge in [0.1, 0.15) is 11.3 Å². The highest BCUT2D eigenvalue weighted by Gasteiger charge is 2.13. The minimum Gasteiger partial charge on any atom is -0.497 e. The van der Waals surface area contributed by atoms with Crippen LogP contribution in [0.2, 0.25) is 0 Å². The van der Waals surface area contributed by atoms with Crippen molar-refractivity contribution in [2.45, 2.75) is 6.92 Å². The largest absolute Gasteiger partial charge is 0.497 e. The monoisotopic (exact) mass is 425 g/mol. The van der Waals surface area contributed by atoms with Crippen molar-refractivity contribution in [2.75, 3.05) is 13.7 Å². The number of rotatable bonds is 6. The third-order valence-corrected chi connectivity index (χ3v) is 4.46. The van der Waals surface area contributed by atoms with Gasteiger partial charge in [-0.1, -0.05) is 0 Å². The van der Waals surface area contributed by atoms with E-state index in [2.05, 4.69) is 9.98 Å². The Morgan fingerprint density at radius 2 is 1.87 bits per heavy atom. The number of H-pyrrole nitrogens is 1. The van der Waals surface area contributed by atoms with Gasteiger partial charge in [-0.3, -0.25) is 19.3 Å². The van der Waals surface area contributed by atoms with Gasteiger partial charge in [-0.25, -0.2) is 4.79 Å². The molecule has 3 aromatic rings. The number of carbonyl (C=O) groups excluding carboxylic acids is 1. The van der Waals surface area contributed by atoms with Crippen LogP contribution in [0.3, 0.4) is 0 Å². The molecule has 0 bridgehead atoms. The van der Waals surface area contributed by atoms with E-state index in [4.69, 9.17) is 21.7 Å². The highest BCUT2D eigenvalue weighted by molar-refractivity contribution is 7.71. The van der Waals surface area contributed by atoms with E-state index in [9.17, 15) is 14.7 Å². The van der Waals surface area contributed by atoms with E-state index in [0.29, 0.717) is 22.7 Å². The quantitative estimate of drug-likeness (QED) is 0.356. The van der Waals surface area contributed by atoms with Crippen LogP contribution < -0.4 is 10.3 Å². The van der Waals surface area contributed by atoms with Crippen LogP contribution in [-0.2, 0) is 4.74 Å². The summed E-state index contributed by atoms with van der Waals surface area (Å²) in [6.45, 7) is 2.01. The van der Waals surface area contributed by atoms with Crippen LogP contribution in [0.5, 0.6) is 11.6 Å². The van der Waals surface area contributed by atoms with Gasteiger partial charge in [-0.15, -0.1) is 0 Å². The van der Waals surface area contributed by atoms with E-state index in [0.717, 1.165) is 0 Å². The van der Waals surface area contributed by atoms with Crippen molar-refractivity contribution in [2.24, 2.45) is 4.99 Å². The summed E-state index contributed by atoms with van der Waals surface area (Å²) in [5.41, 5.74) is 0.788. The Bertz CT molecular complexity index is 1200. The number of aromatic amines is 1. The molecule has 0 radical (unpaired) electrons. The standard InChI is InChI=1S/C21H19N3O5S/c1-3-29-20(27)13-4-6-14(7-5-13)22-12-17-18(25)23-21(30)24(19(17)26)15-8-10-16(28-2)11-9-15/h4-12,26H,3H2,1-2H3,(H,23,25,30). The Hall–Kier alpha value is -3.72. The maximum Gasteiger partial charge on any atom is 0.338 e. The molecule has 0 fully saturated rings. The van der Waals surface area contributed by atoms with Gasteiger partial charge in [0, 0.05) is 6.21 Å². The summed E-state index contributed by atoms with van der Waals surface area (Å²) in [6, 6.07) is 13.2. The fraction of sp³-hybridized carbons (Fsp3) is 0.143. The normalized spacial score (nSPS) is 10.9. The maximum atomic E-state index is 12.3. The summed E-state index contributed by atoms with van der Waals surface area (Å²) in [7, 11) is 1.55. The van der Waals surface area contributed by atoms with E-state index in [-0.39, 0.29) is 22.8 Å². The van der Waals surface area contributed by atoms with Crippen molar-refractivity contribution in [3.05, 3.63) is 74.8 Å². The molecule has 0 spiro atoms. The molecular formula is C21H19N3O5S. The van der Waals surface area contributed by atoms with Crippen LogP contribution in [0.25, 0.3) is 5.69 Å². The predicted molar refractivity (Wildman–Crippen MR) is 115 cm³/mol. The summed E-state index contributed by atoms with van der Waals surface area (Å²) in [5.74, 6) is -0.133. The van der Waals surface area contributed by atoms with Crippen LogP contribution in [0.4, 0.5) is 5.69 Å². The number of ether oxygens (including phenoxy) is 2. The molecule has 0 aliphatic carbocycles. The average Bonchev–Trinajstić information content (AvgIpc) is 2.74. The van der Waals surface area contributed by atoms with Crippen molar-refractivity contribution < 1.29 is 19.4 Å². The average molecular weight is 425 g/mol. The van der Waals surface area contributed by atoms with E-state index in [1.165, 1.54) is 10.8 Å². The van der Waals surface area contributed by atoms with Gasteiger partial charge in [-0.05, 0) is 67.7 Å². The van der Waals surface area contributed by atoms with Crippen LogP contribution in [0.15, 0.2) is 58.3 Å². The number of aromatic nitrogens is 2. The van der Waals surface area contributed by atoms with E-state index in [1.807, 2.05) is 0 Å². The predicted octanol–water partition coefficient (Wildman–Crippen LogP) is 3.54. The maximum absolute atomic E-state index is 12.3. The molecule has 0 saturated heterocycles. The number of nitrogens with zero attached hydrogens (tertiary/aromatic N) is 2. The Balaban J connectivity index is 1.95. The minimum absolute atomic E-state index is 0.0404. The molecule has 0 atom stereocenters. The Kier molecular flexibility index (Phi) is 6.43. The zero-order valence-corrected chi connectivity index (χ0v) is 17.1. The second-order valence-corrected chi connectivity index (χ2v) is 6.44. The van der Waals surface area contributed by atoms with Crippen molar-refractivity contribution >= 4 is 30.1 Å². The first-order valence-corrected chi connectivity index (χ1v) is 9.39. The first-order valence-electron chi connectivity index (χ1n) is 8.98. The Labute approximate surface area is 177 Å². The van der Waals surface area contributed by atoms with Gasteiger partial charge >= 0.3 is 5.97 Å². The third kappa shape index (κ3) is 4.47. The fourth-order valence-corrected chi connectivity index (χ4v) is 2.95. The smallest absolute Gasteiger partial charge is 0.338 e. The summed E-state index contributed by atoms with van der Waals surface area (Å²) in [4.78, 5) is 30.8. The molecule has 0 unspecified atom stereocenters. The lowest BCUT2D eigenvalue weighted by Gasteiger charge is -2.11. The summed E-state index contributed by atoms with van der Waals surface area (Å²) < 4.78 is 11.4. The number of benzene rings is 2. The van der Waals surface area contributed by atoms with Crippen molar-refractivity contribution in [1.82, 2.24) is 9.55 Å². The van der Waals surface area contributed by atoms with Crippen molar-refractivity contribution in [1.29, 1.82) is 0 Å². The van der Waals surface area contributed by atoms with E-state index >= 15 is 0 Å². The number of hydrogen-bond acceptors (Lipinski definition) is 7. The molecule has 0 amide bonds. The van der Waals surface area contributed by atoms with Gasteiger partial charge in [0.25, 0.3) is 5.56 Å². The Morgan fingerprint density at radius 1 is 1.20 bits per heavy atom. The van der Waals surface area contributed by atoms with Gasteiger partial charge in [0.15, 0.2) is 4.77 Å². The second kappa shape index (κ2) is 9.19. The number of carbonyl (C=O) groups is 1. The SMILES string of the molecule is CCOC(=O)c1ccc(N=Cc2c(O)n(-c3ccc(OC)cc3)c(=S)[nH]c2=O)cc1. The molecule has 154 valence electrons. The molecule has 30 heavy (non-hydrogen) atoms. The molecule has 0 aliphatic rings. The molecule has 2 aromatic carbocycles. The van der Waals surface area contributed by atoms with Crippen LogP contribution in [-0.4, -0.2) is 40.6 Å². The van der Waals surface area contributed by atoms with Crippen molar-refractivity contribution in [3.63, 3.8) is 0 Å². The highest BCUT2D eigenvalue weighted by Crippen LogP contribution is 2.22. The van der Waals surface area contributed by atoms with Gasteiger partial charge in [-0.2, -0.15) is 0 Å². The molecule has 3 rings (SSSR count). The summed E-state index contributed by atoms with van der Waals surface area (Å²) in [5, 5.41) is 10.7. The molecule has 1 heterocycles. The van der Waals surface area contributed by atoms with Crippen LogP contribution >= 0.6 is 12.2 Å². The third-order valence-electron chi connectivity index (χ3n) is 4.17. The van der Waals surface area contributed by atoms with Gasteiger partial charge in [0.05, 0.1) is 30.7 Å². The van der Waals surface area contributed by atoms with Gasteiger partial charge in [0.2, 0.25) is 5.88 Å². The summed E-state index contributed by atoms with van der Waals surface area (Å²) in [6.07, 6.45) is 1.24. The van der Waals surface area contributed by atoms with E-state index in [1.54, 1.807) is 62.6 Å². The molecule has 2 N–H and O–H groups in total. The second-order valence-electron chi connectivity index (χ2n) is 6.06. The zero-order valence-electron chi connectivity index (χ0n) is 16.3. The van der Waals surface area contributed by atoms with Crippen molar-refractivity contribution in [3.8, 4) is 17.3 Å². The molecule has 9 heteroatoms. The summed E-state index contributed by atoms with van der Waals surface area (Å²) >= 11 is 5.20. The molecule has 0 saturated carbocycles. The number of aliphatic imine (C=N–C) groups is 1. The first kappa shape index (κ1) is 21.0. The lowest BCUT2D eigenvalue weighted by molar-refractivity contribution is 0.0526. The number of aromatic hydroxyl groups is 1. The fourth-order valence-electron chi connectivity index (χ4n) is 2.66. The Morgan fingerprint density at radius 3 is 2.47 bits per heavy atom. The number of esters is 1. The number of hydrogen-bond donors (Lipinski definition) is 2. The lowest BCUT2D eigenvalue weighted by Crippen LogP contribution is -2.18. The van der Waals surface area contributed by atoms with Crippen LogP contribution in [0, 0.1) is 4.77 Å². The number of nitrogens with one attached hydrogen (secondary N) is 1. The first-order chi connectivity index (χ1) is 14.4. The molecule has 8 nitrogen and oxygen atoms in total. The van der Waals surface area contributed by atoms with E-state index < -0.39 is 11.5 Å². The van der Waals surface area contributed by atoms with Gasteiger partial charge < -0.3 is 14.6 Å². The molecule has 1 aromatic heterocycles. The molecular weight excluding hydrogens is 406 g/mol. The topological polar surface area (TPSA) is 106 Å². The zero-order chi connectivity index (χ0) is 21.7. The number of methoxy groups -OCH3 is 1.